The van der Waals surface area contributed by atoms with Crippen molar-refractivity contribution in [3.63, 3.8) is 0 Å². The molecule has 1 rings (SSSR count). The topological polar surface area (TPSA) is 46.3 Å². The van der Waals surface area contributed by atoms with Crippen LogP contribution < -0.4 is 5.73 Å². The first-order chi connectivity index (χ1) is 6.00. The molecule has 1 fully saturated rings. The molecule has 13 heavy (non-hydrogen) atoms. The number of nitrogens with two attached hydrogens (primary N) is 1. The normalized spacial score (nSPS) is 20.2. The minimum Gasteiger partial charge on any atom is -0.333 e. The third kappa shape index (κ3) is 2.02. The summed E-state index contributed by atoms with van der Waals surface area (Å²) in [6, 6.07) is 0. The van der Waals surface area contributed by atoms with Crippen molar-refractivity contribution in [3.05, 3.63) is 0 Å². The van der Waals surface area contributed by atoms with Crippen LogP contribution in [0.3, 0.4) is 0 Å². The zero-order valence-corrected chi connectivity index (χ0v) is 8.21. The third-order valence-electron chi connectivity index (χ3n) is 2.56. The number of nitrogens with zero attached hydrogens (tertiary/aromatic N) is 1. The maximum absolute atomic E-state index is 11.7. The molecule has 1 saturated carbocycles. The summed E-state index contributed by atoms with van der Waals surface area (Å²) < 4.78 is 0. The molecule has 1 aliphatic rings. The molecular weight excluding hydrogens is 164 g/mol. The quantitative estimate of drug-likeness (QED) is 0.631. The predicted octanol–water partition coefficient (Wildman–Crippen LogP) is 0.205. The zero-order valence-electron chi connectivity index (χ0n) is 8.21. The second-order valence-corrected chi connectivity index (χ2v) is 3.92. The number of carbonyl (C=O) groups excluding carboxylic acids is 1. The van der Waals surface area contributed by atoms with Gasteiger partial charge in [-0.1, -0.05) is 5.92 Å². The molecule has 0 bridgehead atoms. The Balaban J connectivity index is 2.60. The van der Waals surface area contributed by atoms with Crippen molar-refractivity contribution >= 4 is 5.91 Å². The number of rotatable bonds is 3. The third-order valence-corrected chi connectivity index (χ3v) is 2.56. The predicted molar refractivity (Wildman–Crippen MR) is 51.8 cm³/mol. The van der Waals surface area contributed by atoms with Gasteiger partial charge in [-0.25, -0.2) is 0 Å². The van der Waals surface area contributed by atoms with E-state index in [-0.39, 0.29) is 5.91 Å². The summed E-state index contributed by atoms with van der Waals surface area (Å²) >= 11 is 0. The Hall–Kier alpha value is -1.01. The van der Waals surface area contributed by atoms with Gasteiger partial charge in [0.2, 0.25) is 5.91 Å². The Morgan fingerprint density at radius 3 is 2.69 bits per heavy atom. The standard InChI is InChI=1S/C10H16N2O/c1-4-7-12(3)9(13)10(2,11)8-5-6-8/h1,8H,5-7,11H2,2-3H3. The smallest absolute Gasteiger partial charge is 0.243 e. The van der Waals surface area contributed by atoms with Gasteiger partial charge in [-0.15, -0.1) is 6.42 Å². The number of hydrogen-bond acceptors (Lipinski definition) is 2. The monoisotopic (exact) mass is 180 g/mol. The average Bonchev–Trinajstić information content (AvgIpc) is 2.85. The van der Waals surface area contributed by atoms with Crippen LogP contribution >= 0.6 is 0 Å². The molecule has 1 aliphatic carbocycles. The van der Waals surface area contributed by atoms with Gasteiger partial charge in [0.1, 0.15) is 0 Å². The fourth-order valence-electron chi connectivity index (χ4n) is 1.48. The Morgan fingerprint density at radius 1 is 1.77 bits per heavy atom. The van der Waals surface area contributed by atoms with Crippen molar-refractivity contribution in [3.8, 4) is 12.3 Å². The van der Waals surface area contributed by atoms with Gasteiger partial charge in [0.15, 0.2) is 0 Å². The number of carbonyl (C=O) groups is 1. The highest BCUT2D eigenvalue weighted by Crippen LogP contribution is 2.38. The van der Waals surface area contributed by atoms with E-state index in [1.807, 2.05) is 0 Å². The summed E-state index contributed by atoms with van der Waals surface area (Å²) in [5.41, 5.74) is 5.22. The first kappa shape index (κ1) is 10.1. The molecule has 3 heteroatoms. The van der Waals surface area contributed by atoms with Crippen molar-refractivity contribution in [1.29, 1.82) is 0 Å². The first-order valence-corrected chi connectivity index (χ1v) is 4.48. The second kappa shape index (κ2) is 3.39. The van der Waals surface area contributed by atoms with Gasteiger partial charge in [-0.2, -0.15) is 0 Å². The van der Waals surface area contributed by atoms with Gasteiger partial charge in [0.25, 0.3) is 0 Å². The SMILES string of the molecule is C#CCN(C)C(=O)C(C)(N)C1CC1. The van der Waals surface area contributed by atoms with Crippen molar-refractivity contribution in [1.82, 2.24) is 4.90 Å². The molecular formula is C10H16N2O. The van der Waals surface area contributed by atoms with Crippen molar-refractivity contribution in [2.24, 2.45) is 11.7 Å². The zero-order chi connectivity index (χ0) is 10.1. The molecule has 1 unspecified atom stereocenters. The molecule has 0 aliphatic heterocycles. The van der Waals surface area contributed by atoms with E-state index in [4.69, 9.17) is 12.2 Å². The maximum Gasteiger partial charge on any atom is 0.243 e. The molecule has 72 valence electrons. The van der Waals surface area contributed by atoms with E-state index in [2.05, 4.69) is 5.92 Å². The summed E-state index contributed by atoms with van der Waals surface area (Å²) in [7, 11) is 1.69. The first-order valence-electron chi connectivity index (χ1n) is 4.48. The largest absolute Gasteiger partial charge is 0.333 e. The summed E-state index contributed by atoms with van der Waals surface area (Å²) in [6.45, 7) is 2.12. The minimum absolute atomic E-state index is 0.0482. The van der Waals surface area contributed by atoms with Crippen LogP contribution in [0.15, 0.2) is 0 Å². The number of terminal acetylenes is 1. The lowest BCUT2D eigenvalue weighted by Gasteiger charge is -2.28. The number of likely N-dealkylation sites (N-methyl/N-ethyl adjacent to an activating group) is 1. The highest BCUT2D eigenvalue weighted by atomic mass is 16.2. The lowest BCUT2D eigenvalue weighted by Crippen LogP contribution is -2.53. The van der Waals surface area contributed by atoms with E-state index >= 15 is 0 Å². The number of amides is 1. The van der Waals surface area contributed by atoms with Crippen LogP contribution in [-0.2, 0) is 4.79 Å². The summed E-state index contributed by atoms with van der Waals surface area (Å²) in [5, 5.41) is 0. The maximum atomic E-state index is 11.7. The number of hydrogen-bond donors (Lipinski definition) is 1. The van der Waals surface area contributed by atoms with Gasteiger partial charge in [0, 0.05) is 7.05 Å². The van der Waals surface area contributed by atoms with Crippen molar-refractivity contribution in [2.75, 3.05) is 13.6 Å². The second-order valence-electron chi connectivity index (χ2n) is 3.92. The molecule has 0 spiro atoms. The van der Waals surface area contributed by atoms with E-state index in [9.17, 15) is 4.79 Å². The Kier molecular flexibility index (Phi) is 2.63. The molecule has 2 N–H and O–H groups in total. The Bertz CT molecular complexity index is 248. The Labute approximate surface area is 79.3 Å². The Morgan fingerprint density at radius 2 is 2.31 bits per heavy atom. The lowest BCUT2D eigenvalue weighted by atomic mass is 9.95. The van der Waals surface area contributed by atoms with Gasteiger partial charge >= 0.3 is 0 Å². The van der Waals surface area contributed by atoms with E-state index in [1.54, 1.807) is 14.0 Å². The molecule has 0 heterocycles. The van der Waals surface area contributed by atoms with Gasteiger partial charge < -0.3 is 10.6 Å². The van der Waals surface area contributed by atoms with Crippen LogP contribution in [-0.4, -0.2) is 29.9 Å². The van der Waals surface area contributed by atoms with Crippen LogP contribution in [0.5, 0.6) is 0 Å². The molecule has 3 nitrogen and oxygen atoms in total. The van der Waals surface area contributed by atoms with E-state index < -0.39 is 5.54 Å². The molecule has 0 radical (unpaired) electrons. The molecule has 0 aromatic carbocycles. The highest BCUT2D eigenvalue weighted by molar-refractivity contribution is 5.86. The van der Waals surface area contributed by atoms with Crippen LogP contribution in [0, 0.1) is 18.3 Å². The van der Waals surface area contributed by atoms with E-state index in [0.29, 0.717) is 12.5 Å². The molecule has 1 amide bonds. The van der Waals surface area contributed by atoms with Crippen molar-refractivity contribution < 1.29 is 4.79 Å². The fraction of sp³-hybridized carbons (Fsp3) is 0.700. The van der Waals surface area contributed by atoms with Crippen molar-refractivity contribution in [2.45, 2.75) is 25.3 Å². The summed E-state index contributed by atoms with van der Waals surface area (Å²) in [4.78, 5) is 13.3. The average molecular weight is 180 g/mol. The highest BCUT2D eigenvalue weighted by Gasteiger charge is 2.45. The lowest BCUT2D eigenvalue weighted by molar-refractivity contribution is -0.135. The van der Waals surface area contributed by atoms with E-state index in [1.165, 1.54) is 4.90 Å². The van der Waals surface area contributed by atoms with Crippen LogP contribution in [0.2, 0.25) is 0 Å². The van der Waals surface area contributed by atoms with Crippen LogP contribution in [0.1, 0.15) is 19.8 Å². The van der Waals surface area contributed by atoms with Crippen LogP contribution in [0.25, 0.3) is 0 Å². The van der Waals surface area contributed by atoms with E-state index in [0.717, 1.165) is 12.8 Å². The van der Waals surface area contributed by atoms with Gasteiger partial charge in [-0.3, -0.25) is 4.79 Å². The molecule has 0 aromatic rings. The fourth-order valence-corrected chi connectivity index (χ4v) is 1.48. The summed E-state index contributed by atoms with van der Waals surface area (Å²) in [6.07, 6.45) is 7.23. The molecule has 1 atom stereocenters. The van der Waals surface area contributed by atoms with Crippen LogP contribution in [0.4, 0.5) is 0 Å². The van der Waals surface area contributed by atoms with Gasteiger partial charge in [-0.05, 0) is 25.7 Å². The molecule has 0 saturated heterocycles. The minimum atomic E-state index is -0.717. The molecule has 0 aromatic heterocycles. The summed E-state index contributed by atoms with van der Waals surface area (Å²) in [5.74, 6) is 2.73. The van der Waals surface area contributed by atoms with Gasteiger partial charge in [0.05, 0.1) is 12.1 Å².